The molecule has 3 nitrogen and oxygen atoms in total. The summed E-state index contributed by atoms with van der Waals surface area (Å²) in [5.74, 6) is -2.09. The summed E-state index contributed by atoms with van der Waals surface area (Å²) in [4.78, 5) is 15.2. The molecule has 1 heterocycles. The number of carbonyl (C=O) groups is 1. The average Bonchev–Trinajstić information content (AvgIpc) is 2.92. The van der Waals surface area contributed by atoms with Crippen molar-refractivity contribution in [2.45, 2.75) is 6.54 Å². The highest BCUT2D eigenvalue weighted by atomic mass is 19.2. The first-order chi connectivity index (χ1) is 10.1. The van der Waals surface area contributed by atoms with Gasteiger partial charge in [-0.3, -0.25) is 4.79 Å². The van der Waals surface area contributed by atoms with Crippen LogP contribution >= 0.6 is 0 Å². The van der Waals surface area contributed by atoms with Crippen LogP contribution in [0, 0.1) is 11.6 Å². The molecule has 0 bridgehead atoms. The van der Waals surface area contributed by atoms with Crippen LogP contribution in [0.1, 0.15) is 15.9 Å². The fourth-order valence-electron chi connectivity index (χ4n) is 2.19. The van der Waals surface area contributed by atoms with Gasteiger partial charge in [-0.25, -0.2) is 8.78 Å². The lowest BCUT2D eigenvalue weighted by molar-refractivity contribution is 0.0952. The third kappa shape index (κ3) is 2.63. The predicted octanol–water partition coefficient (Wildman–Crippen LogP) is 3.38. The zero-order valence-corrected chi connectivity index (χ0v) is 11.0. The average molecular weight is 286 g/mol. The number of H-pyrrole nitrogens is 1. The molecule has 2 aromatic carbocycles. The summed E-state index contributed by atoms with van der Waals surface area (Å²) in [5.41, 5.74) is 1.89. The minimum absolute atomic E-state index is 0.134. The number of halogens is 2. The van der Waals surface area contributed by atoms with Gasteiger partial charge >= 0.3 is 0 Å². The molecule has 106 valence electrons. The molecule has 0 saturated carbocycles. The maximum Gasteiger partial charge on any atom is 0.253 e. The number of para-hydroxylation sites is 1. The van der Waals surface area contributed by atoms with Gasteiger partial charge in [-0.1, -0.05) is 24.3 Å². The highest BCUT2D eigenvalue weighted by Crippen LogP contribution is 2.17. The number of hydrogen-bond acceptors (Lipinski definition) is 1. The van der Waals surface area contributed by atoms with E-state index >= 15 is 0 Å². The summed E-state index contributed by atoms with van der Waals surface area (Å²) in [6.45, 7) is 0.134. The van der Waals surface area contributed by atoms with Gasteiger partial charge in [-0.05, 0) is 23.8 Å². The van der Waals surface area contributed by atoms with E-state index in [9.17, 15) is 13.6 Å². The Bertz CT molecular complexity index is 811. The number of aromatic amines is 1. The standard InChI is InChI=1S/C16H12F2N2O/c17-13-6-5-10(7-14(13)18)8-20-16(21)12-9-19-15-4-2-1-3-11(12)15/h1-7,9,19H,8H2,(H,20,21). The lowest BCUT2D eigenvalue weighted by Crippen LogP contribution is -2.22. The van der Waals surface area contributed by atoms with Crippen LogP contribution in [0.5, 0.6) is 0 Å². The molecule has 0 aliphatic heterocycles. The number of hydrogen-bond donors (Lipinski definition) is 2. The highest BCUT2D eigenvalue weighted by molar-refractivity contribution is 6.06. The van der Waals surface area contributed by atoms with Gasteiger partial charge in [0, 0.05) is 23.6 Å². The van der Waals surface area contributed by atoms with Gasteiger partial charge in [0.15, 0.2) is 11.6 Å². The zero-order valence-electron chi connectivity index (χ0n) is 11.0. The van der Waals surface area contributed by atoms with Crippen LogP contribution in [-0.2, 0) is 6.54 Å². The van der Waals surface area contributed by atoms with E-state index < -0.39 is 11.6 Å². The molecule has 1 aromatic heterocycles. The Morgan fingerprint density at radius 1 is 1.10 bits per heavy atom. The quantitative estimate of drug-likeness (QED) is 0.761. The Hall–Kier alpha value is -2.69. The molecule has 0 fully saturated rings. The Morgan fingerprint density at radius 2 is 1.90 bits per heavy atom. The van der Waals surface area contributed by atoms with Crippen molar-refractivity contribution in [3.63, 3.8) is 0 Å². The minimum Gasteiger partial charge on any atom is -0.360 e. The molecule has 0 radical (unpaired) electrons. The van der Waals surface area contributed by atoms with Crippen LogP contribution in [0.3, 0.4) is 0 Å². The molecule has 0 atom stereocenters. The number of aromatic nitrogens is 1. The summed E-state index contributed by atoms with van der Waals surface area (Å²) >= 11 is 0. The van der Waals surface area contributed by atoms with Gasteiger partial charge in [-0.2, -0.15) is 0 Å². The van der Waals surface area contributed by atoms with Crippen LogP contribution in [0.15, 0.2) is 48.7 Å². The minimum atomic E-state index is -0.922. The number of benzene rings is 2. The molecule has 0 unspecified atom stereocenters. The number of amides is 1. The predicted molar refractivity (Wildman–Crippen MR) is 75.8 cm³/mol. The van der Waals surface area contributed by atoms with E-state index in [-0.39, 0.29) is 12.5 Å². The van der Waals surface area contributed by atoms with E-state index in [1.807, 2.05) is 24.3 Å². The Morgan fingerprint density at radius 3 is 2.71 bits per heavy atom. The summed E-state index contributed by atoms with van der Waals surface area (Å²) in [6, 6.07) is 11.0. The molecule has 1 amide bonds. The summed E-state index contributed by atoms with van der Waals surface area (Å²) in [7, 11) is 0. The molecule has 3 aromatic rings. The lowest BCUT2D eigenvalue weighted by atomic mass is 10.1. The van der Waals surface area contributed by atoms with Crippen molar-refractivity contribution < 1.29 is 13.6 Å². The maximum absolute atomic E-state index is 13.1. The third-order valence-electron chi connectivity index (χ3n) is 3.27. The first kappa shape index (κ1) is 13.3. The van der Waals surface area contributed by atoms with Gasteiger partial charge < -0.3 is 10.3 Å². The maximum atomic E-state index is 13.1. The molecule has 0 aliphatic carbocycles. The molecular weight excluding hydrogens is 274 g/mol. The van der Waals surface area contributed by atoms with Crippen LogP contribution in [0.25, 0.3) is 10.9 Å². The van der Waals surface area contributed by atoms with E-state index in [1.54, 1.807) is 6.20 Å². The second-order valence-electron chi connectivity index (χ2n) is 4.68. The van der Waals surface area contributed by atoms with Crippen molar-refractivity contribution in [3.05, 3.63) is 71.4 Å². The number of rotatable bonds is 3. The van der Waals surface area contributed by atoms with Crippen molar-refractivity contribution in [2.24, 2.45) is 0 Å². The second kappa shape index (κ2) is 5.36. The summed E-state index contributed by atoms with van der Waals surface area (Å²) in [6.07, 6.45) is 1.63. The molecule has 2 N–H and O–H groups in total. The largest absolute Gasteiger partial charge is 0.360 e. The topological polar surface area (TPSA) is 44.9 Å². The zero-order chi connectivity index (χ0) is 14.8. The fraction of sp³-hybridized carbons (Fsp3) is 0.0625. The fourth-order valence-corrected chi connectivity index (χ4v) is 2.19. The molecule has 0 saturated heterocycles. The van der Waals surface area contributed by atoms with Gasteiger partial charge in [0.05, 0.1) is 5.56 Å². The SMILES string of the molecule is O=C(NCc1ccc(F)c(F)c1)c1c[nH]c2ccccc12. The molecule has 21 heavy (non-hydrogen) atoms. The van der Waals surface area contributed by atoms with Crippen LogP contribution in [0.2, 0.25) is 0 Å². The highest BCUT2D eigenvalue weighted by Gasteiger charge is 2.11. The van der Waals surface area contributed by atoms with Crippen molar-refractivity contribution in [1.29, 1.82) is 0 Å². The summed E-state index contributed by atoms with van der Waals surface area (Å²) in [5, 5.41) is 3.51. The van der Waals surface area contributed by atoms with Crippen LogP contribution in [0.4, 0.5) is 8.78 Å². The van der Waals surface area contributed by atoms with Gasteiger partial charge in [-0.15, -0.1) is 0 Å². The van der Waals surface area contributed by atoms with Crippen molar-refractivity contribution in [3.8, 4) is 0 Å². The molecular formula is C16H12F2N2O. The lowest BCUT2D eigenvalue weighted by Gasteiger charge is -2.05. The van der Waals surface area contributed by atoms with E-state index in [0.29, 0.717) is 11.1 Å². The number of nitrogens with one attached hydrogen (secondary N) is 2. The van der Waals surface area contributed by atoms with E-state index in [4.69, 9.17) is 0 Å². The van der Waals surface area contributed by atoms with Crippen LogP contribution in [-0.4, -0.2) is 10.9 Å². The first-order valence-electron chi connectivity index (χ1n) is 6.43. The van der Waals surface area contributed by atoms with Gasteiger partial charge in [0.2, 0.25) is 0 Å². The summed E-state index contributed by atoms with van der Waals surface area (Å²) < 4.78 is 25.9. The van der Waals surface area contributed by atoms with Gasteiger partial charge in [0.1, 0.15) is 0 Å². The van der Waals surface area contributed by atoms with E-state index in [0.717, 1.165) is 23.0 Å². The Kier molecular flexibility index (Phi) is 3.39. The monoisotopic (exact) mass is 286 g/mol. The Balaban J connectivity index is 1.76. The van der Waals surface area contributed by atoms with Crippen LogP contribution < -0.4 is 5.32 Å². The molecule has 0 spiro atoms. The van der Waals surface area contributed by atoms with Crippen molar-refractivity contribution in [1.82, 2.24) is 10.3 Å². The third-order valence-corrected chi connectivity index (χ3v) is 3.27. The van der Waals surface area contributed by atoms with Crippen molar-refractivity contribution >= 4 is 16.8 Å². The molecule has 3 rings (SSSR count). The normalized spacial score (nSPS) is 10.8. The molecule has 0 aliphatic rings. The first-order valence-corrected chi connectivity index (χ1v) is 6.43. The second-order valence-corrected chi connectivity index (χ2v) is 4.68. The van der Waals surface area contributed by atoms with Crippen molar-refractivity contribution in [2.75, 3.05) is 0 Å². The number of carbonyl (C=O) groups excluding carboxylic acids is 1. The Labute approximate surface area is 119 Å². The molecule has 5 heteroatoms. The van der Waals surface area contributed by atoms with E-state index in [1.165, 1.54) is 6.07 Å². The van der Waals surface area contributed by atoms with E-state index in [2.05, 4.69) is 10.3 Å². The van der Waals surface area contributed by atoms with Gasteiger partial charge in [0.25, 0.3) is 5.91 Å². The smallest absolute Gasteiger partial charge is 0.253 e. The number of fused-ring (bicyclic) bond motifs is 1.